The molecule has 0 aliphatic heterocycles. The van der Waals surface area contributed by atoms with Crippen LogP contribution in [0.4, 0.5) is 11.4 Å². The second-order valence-corrected chi connectivity index (χ2v) is 4.85. The Kier molecular flexibility index (Phi) is 5.65. The van der Waals surface area contributed by atoms with E-state index in [0.717, 1.165) is 23.7 Å². The summed E-state index contributed by atoms with van der Waals surface area (Å²) in [5.41, 5.74) is 7.89. The SMILES string of the molecule is COc1ccccc1NC(N)=NCCN(C)c1ccccc1. The Morgan fingerprint density at radius 1 is 1.14 bits per heavy atom. The van der Waals surface area contributed by atoms with Crippen molar-refractivity contribution in [2.24, 2.45) is 10.7 Å². The van der Waals surface area contributed by atoms with Crippen LogP contribution in [0.1, 0.15) is 0 Å². The van der Waals surface area contributed by atoms with Crippen molar-refractivity contribution in [2.45, 2.75) is 0 Å². The molecule has 2 rings (SSSR count). The molecule has 0 aliphatic carbocycles. The first kappa shape index (κ1) is 15.7. The molecule has 2 aromatic carbocycles. The van der Waals surface area contributed by atoms with Crippen molar-refractivity contribution in [1.82, 2.24) is 0 Å². The molecule has 5 nitrogen and oxygen atoms in total. The van der Waals surface area contributed by atoms with E-state index in [0.29, 0.717) is 12.5 Å². The second-order valence-electron chi connectivity index (χ2n) is 4.85. The largest absolute Gasteiger partial charge is 0.495 e. The quantitative estimate of drug-likeness (QED) is 0.635. The Labute approximate surface area is 131 Å². The Morgan fingerprint density at radius 3 is 2.55 bits per heavy atom. The topological polar surface area (TPSA) is 62.9 Å². The summed E-state index contributed by atoms with van der Waals surface area (Å²) in [6.45, 7) is 1.40. The zero-order valence-electron chi connectivity index (χ0n) is 13.0. The Hall–Kier alpha value is -2.69. The minimum Gasteiger partial charge on any atom is -0.495 e. The van der Waals surface area contributed by atoms with E-state index in [1.54, 1.807) is 7.11 Å². The summed E-state index contributed by atoms with van der Waals surface area (Å²) in [5.74, 6) is 1.12. The lowest BCUT2D eigenvalue weighted by Crippen LogP contribution is -2.26. The lowest BCUT2D eigenvalue weighted by molar-refractivity contribution is 0.417. The van der Waals surface area contributed by atoms with Crippen LogP contribution >= 0.6 is 0 Å². The fourth-order valence-corrected chi connectivity index (χ4v) is 2.06. The van der Waals surface area contributed by atoms with Gasteiger partial charge in [0.25, 0.3) is 0 Å². The monoisotopic (exact) mass is 298 g/mol. The number of nitrogens with two attached hydrogens (primary N) is 1. The predicted octanol–water partition coefficient (Wildman–Crippen LogP) is 2.56. The van der Waals surface area contributed by atoms with Crippen LogP contribution in [0.3, 0.4) is 0 Å². The maximum Gasteiger partial charge on any atom is 0.193 e. The summed E-state index contributed by atoms with van der Waals surface area (Å²) in [6, 6.07) is 17.8. The van der Waals surface area contributed by atoms with Gasteiger partial charge in [-0.25, -0.2) is 0 Å². The average molecular weight is 298 g/mol. The molecule has 5 heteroatoms. The van der Waals surface area contributed by atoms with Crippen molar-refractivity contribution in [3.8, 4) is 5.75 Å². The number of rotatable bonds is 6. The van der Waals surface area contributed by atoms with Crippen LogP contribution in [-0.4, -0.2) is 33.2 Å². The van der Waals surface area contributed by atoms with E-state index in [1.165, 1.54) is 0 Å². The zero-order chi connectivity index (χ0) is 15.8. The van der Waals surface area contributed by atoms with Gasteiger partial charge in [0.05, 0.1) is 19.3 Å². The molecular weight excluding hydrogens is 276 g/mol. The fourth-order valence-electron chi connectivity index (χ4n) is 2.06. The van der Waals surface area contributed by atoms with E-state index in [-0.39, 0.29) is 0 Å². The summed E-state index contributed by atoms with van der Waals surface area (Å²) in [6.07, 6.45) is 0. The molecular formula is C17H22N4O. The molecule has 3 N–H and O–H groups in total. The number of methoxy groups -OCH3 is 1. The number of anilines is 2. The number of benzene rings is 2. The molecule has 0 aliphatic rings. The van der Waals surface area contributed by atoms with Gasteiger partial charge < -0.3 is 20.7 Å². The third kappa shape index (κ3) is 4.41. The van der Waals surface area contributed by atoms with E-state index in [4.69, 9.17) is 10.5 Å². The highest BCUT2D eigenvalue weighted by Crippen LogP contribution is 2.22. The highest BCUT2D eigenvalue weighted by Gasteiger charge is 2.03. The minimum absolute atomic E-state index is 0.381. The normalized spacial score (nSPS) is 11.1. The molecule has 22 heavy (non-hydrogen) atoms. The number of para-hydroxylation sites is 3. The van der Waals surface area contributed by atoms with Gasteiger partial charge in [-0.05, 0) is 24.3 Å². The van der Waals surface area contributed by atoms with Crippen LogP contribution in [0.15, 0.2) is 59.6 Å². The third-order valence-electron chi connectivity index (χ3n) is 3.28. The Bertz CT molecular complexity index is 613. The lowest BCUT2D eigenvalue weighted by atomic mass is 10.3. The van der Waals surface area contributed by atoms with Gasteiger partial charge in [-0.15, -0.1) is 0 Å². The summed E-state index contributed by atoms with van der Waals surface area (Å²) in [4.78, 5) is 6.49. The second kappa shape index (κ2) is 7.93. The number of nitrogens with zero attached hydrogens (tertiary/aromatic N) is 2. The Balaban J connectivity index is 1.88. The molecule has 0 radical (unpaired) electrons. The average Bonchev–Trinajstić information content (AvgIpc) is 2.56. The van der Waals surface area contributed by atoms with E-state index in [2.05, 4.69) is 27.3 Å². The van der Waals surface area contributed by atoms with Gasteiger partial charge in [0.2, 0.25) is 0 Å². The third-order valence-corrected chi connectivity index (χ3v) is 3.28. The first-order valence-corrected chi connectivity index (χ1v) is 7.17. The number of ether oxygens (including phenoxy) is 1. The molecule has 0 bridgehead atoms. The first-order chi connectivity index (χ1) is 10.7. The van der Waals surface area contributed by atoms with Crippen molar-refractivity contribution < 1.29 is 4.74 Å². The number of nitrogens with one attached hydrogen (secondary N) is 1. The Morgan fingerprint density at radius 2 is 1.82 bits per heavy atom. The molecule has 0 atom stereocenters. The van der Waals surface area contributed by atoms with Gasteiger partial charge >= 0.3 is 0 Å². The van der Waals surface area contributed by atoms with Crippen molar-refractivity contribution in [1.29, 1.82) is 0 Å². The molecule has 0 saturated heterocycles. The van der Waals surface area contributed by atoms with Gasteiger partial charge in [-0.3, -0.25) is 4.99 Å². The maximum absolute atomic E-state index is 5.92. The van der Waals surface area contributed by atoms with Crippen molar-refractivity contribution in [3.63, 3.8) is 0 Å². The smallest absolute Gasteiger partial charge is 0.193 e. The molecule has 2 aromatic rings. The van der Waals surface area contributed by atoms with Crippen LogP contribution < -0.4 is 20.7 Å². The lowest BCUT2D eigenvalue weighted by Gasteiger charge is -2.18. The van der Waals surface area contributed by atoms with Gasteiger partial charge in [0, 0.05) is 19.3 Å². The van der Waals surface area contributed by atoms with E-state index >= 15 is 0 Å². The molecule has 0 spiro atoms. The molecule has 0 heterocycles. The molecule has 0 aromatic heterocycles. The number of hydrogen-bond acceptors (Lipinski definition) is 3. The molecule has 0 amide bonds. The van der Waals surface area contributed by atoms with Crippen molar-refractivity contribution in [3.05, 3.63) is 54.6 Å². The van der Waals surface area contributed by atoms with Crippen LogP contribution in [0, 0.1) is 0 Å². The van der Waals surface area contributed by atoms with Crippen LogP contribution in [0.5, 0.6) is 5.75 Å². The summed E-state index contributed by atoms with van der Waals surface area (Å²) in [7, 11) is 3.66. The van der Waals surface area contributed by atoms with Crippen LogP contribution in [0.2, 0.25) is 0 Å². The highest BCUT2D eigenvalue weighted by molar-refractivity contribution is 5.93. The molecule has 0 saturated carbocycles. The number of aliphatic imine (C=N–C) groups is 1. The molecule has 116 valence electrons. The van der Waals surface area contributed by atoms with Gasteiger partial charge in [0.1, 0.15) is 5.75 Å². The fraction of sp³-hybridized carbons (Fsp3) is 0.235. The highest BCUT2D eigenvalue weighted by atomic mass is 16.5. The number of likely N-dealkylation sites (N-methyl/N-ethyl adjacent to an activating group) is 1. The number of hydrogen-bond donors (Lipinski definition) is 2. The summed E-state index contributed by atoms with van der Waals surface area (Å²) < 4.78 is 5.27. The summed E-state index contributed by atoms with van der Waals surface area (Å²) >= 11 is 0. The van der Waals surface area contributed by atoms with Crippen molar-refractivity contribution in [2.75, 3.05) is 37.5 Å². The first-order valence-electron chi connectivity index (χ1n) is 7.17. The maximum atomic E-state index is 5.92. The van der Waals surface area contributed by atoms with Crippen molar-refractivity contribution >= 4 is 17.3 Å². The van der Waals surface area contributed by atoms with Gasteiger partial charge in [-0.1, -0.05) is 30.3 Å². The van der Waals surface area contributed by atoms with E-state index in [1.807, 2.05) is 49.5 Å². The number of guanidine groups is 1. The van der Waals surface area contributed by atoms with Crippen LogP contribution in [0.25, 0.3) is 0 Å². The minimum atomic E-state index is 0.381. The van der Waals surface area contributed by atoms with E-state index < -0.39 is 0 Å². The standard InChI is InChI=1S/C17H22N4O/c1-21(14-8-4-3-5-9-14)13-12-19-17(18)20-15-10-6-7-11-16(15)22-2/h3-11H,12-13H2,1-2H3,(H3,18,19,20). The summed E-state index contributed by atoms with van der Waals surface area (Å²) in [5, 5.41) is 3.06. The molecule has 0 fully saturated rings. The van der Waals surface area contributed by atoms with Gasteiger partial charge in [-0.2, -0.15) is 0 Å². The van der Waals surface area contributed by atoms with E-state index in [9.17, 15) is 0 Å². The van der Waals surface area contributed by atoms with Gasteiger partial charge in [0.15, 0.2) is 5.96 Å². The molecule has 0 unspecified atom stereocenters. The zero-order valence-corrected chi connectivity index (χ0v) is 13.0. The van der Waals surface area contributed by atoms with Crippen LogP contribution in [-0.2, 0) is 0 Å². The predicted molar refractivity (Wildman–Crippen MR) is 92.8 cm³/mol.